The maximum Gasteiger partial charge on any atom is 0.273 e. The molecule has 5 N–H and O–H groups in total. The zero-order chi connectivity index (χ0) is 28.9. The number of anilines is 2. The number of rotatable bonds is 11. The van der Waals surface area contributed by atoms with Crippen molar-refractivity contribution in [2.24, 2.45) is 11.7 Å². The van der Waals surface area contributed by atoms with Crippen molar-refractivity contribution in [2.75, 3.05) is 31.4 Å². The Hall–Kier alpha value is -4.12. The van der Waals surface area contributed by atoms with E-state index in [9.17, 15) is 14.4 Å². The van der Waals surface area contributed by atoms with Crippen LogP contribution in [0.5, 0.6) is 11.5 Å². The minimum Gasteiger partial charge on any atom is -0.493 e. The van der Waals surface area contributed by atoms with Crippen molar-refractivity contribution in [3.05, 3.63) is 63.7 Å². The van der Waals surface area contributed by atoms with E-state index in [4.69, 9.17) is 20.9 Å². The van der Waals surface area contributed by atoms with Gasteiger partial charge in [-0.1, -0.05) is 32.0 Å². The van der Waals surface area contributed by atoms with Crippen LogP contribution in [0.2, 0.25) is 0 Å². The zero-order valence-corrected chi connectivity index (χ0v) is 23.8. The molecule has 0 radical (unpaired) electrons. The molecule has 3 aromatic rings. The molecule has 0 unspecified atom stereocenters. The van der Waals surface area contributed by atoms with Crippen LogP contribution in [0.3, 0.4) is 0 Å². The molecular weight excluding hydrogens is 518 g/mol. The quantitative estimate of drug-likeness (QED) is 0.325. The average Bonchev–Trinajstić information content (AvgIpc) is 3.29. The second kappa shape index (κ2) is 12.6. The Balaban J connectivity index is 2.27. The molecule has 0 saturated carbocycles. The fourth-order valence-corrected chi connectivity index (χ4v) is 4.85. The fraction of sp³-hybridized carbons (Fsp3) is 0.357. The number of amides is 3. The minimum atomic E-state index is -1.12. The average molecular weight is 554 g/mol. The highest BCUT2D eigenvalue weighted by atomic mass is 32.1. The van der Waals surface area contributed by atoms with E-state index in [-0.39, 0.29) is 16.3 Å². The van der Waals surface area contributed by atoms with Crippen LogP contribution >= 0.6 is 11.5 Å². The van der Waals surface area contributed by atoms with Gasteiger partial charge in [0.05, 0.1) is 19.9 Å². The van der Waals surface area contributed by atoms with Gasteiger partial charge in [0.15, 0.2) is 17.2 Å². The van der Waals surface area contributed by atoms with Crippen LogP contribution in [0.1, 0.15) is 63.2 Å². The van der Waals surface area contributed by atoms with Gasteiger partial charge in [0.2, 0.25) is 5.91 Å². The number of methoxy groups -OCH3 is 2. The molecule has 0 fully saturated rings. The van der Waals surface area contributed by atoms with Crippen molar-refractivity contribution in [3.8, 4) is 11.5 Å². The molecule has 11 heteroatoms. The number of aromatic nitrogens is 1. The molecule has 0 spiro atoms. The van der Waals surface area contributed by atoms with Crippen LogP contribution in [0.25, 0.3) is 0 Å². The number of hydrogen-bond acceptors (Lipinski definition) is 8. The molecule has 1 aromatic heterocycles. The second-order valence-electron chi connectivity index (χ2n) is 9.59. The van der Waals surface area contributed by atoms with Crippen LogP contribution in [0, 0.1) is 19.8 Å². The summed E-state index contributed by atoms with van der Waals surface area (Å²) in [6, 6.07) is 9.56. The van der Waals surface area contributed by atoms with Gasteiger partial charge in [-0.15, -0.1) is 0 Å². The van der Waals surface area contributed by atoms with Crippen LogP contribution in [0.15, 0.2) is 36.4 Å². The lowest BCUT2D eigenvalue weighted by Gasteiger charge is -2.33. The van der Waals surface area contributed by atoms with Crippen LogP contribution in [0.4, 0.5) is 11.4 Å². The van der Waals surface area contributed by atoms with Gasteiger partial charge >= 0.3 is 0 Å². The summed E-state index contributed by atoms with van der Waals surface area (Å²) in [5.74, 6) is -0.589. The number of nitrogens with two attached hydrogens (primary N) is 2. The van der Waals surface area contributed by atoms with Gasteiger partial charge in [0, 0.05) is 12.2 Å². The van der Waals surface area contributed by atoms with E-state index in [1.165, 1.54) is 19.1 Å². The van der Waals surface area contributed by atoms with E-state index >= 15 is 0 Å². The first-order chi connectivity index (χ1) is 18.5. The SMILES string of the molecule is COc1ccc([C@H](C(=O)NCCC(C)C)N(C(=O)c2snc(C(N)=O)c2N)c2cc(C)ccc2C)cc1OC. The summed E-state index contributed by atoms with van der Waals surface area (Å²) >= 11 is 0.762. The van der Waals surface area contributed by atoms with E-state index in [1.807, 2.05) is 32.0 Å². The van der Waals surface area contributed by atoms with E-state index in [0.717, 1.165) is 29.1 Å². The third kappa shape index (κ3) is 6.48. The largest absolute Gasteiger partial charge is 0.493 e. The predicted molar refractivity (Wildman–Crippen MR) is 153 cm³/mol. The highest BCUT2D eigenvalue weighted by Gasteiger charge is 2.37. The molecule has 2 aromatic carbocycles. The monoisotopic (exact) mass is 553 g/mol. The Labute approximate surface area is 232 Å². The smallest absolute Gasteiger partial charge is 0.273 e. The van der Waals surface area contributed by atoms with Crippen molar-refractivity contribution in [1.29, 1.82) is 0 Å². The van der Waals surface area contributed by atoms with Gasteiger partial charge in [-0.3, -0.25) is 19.3 Å². The number of hydrogen-bond donors (Lipinski definition) is 3. The molecular formula is C28H35N5O5S. The molecule has 208 valence electrons. The van der Waals surface area contributed by atoms with Crippen LogP contribution in [-0.2, 0) is 4.79 Å². The molecule has 0 bridgehead atoms. The summed E-state index contributed by atoms with van der Waals surface area (Å²) in [5, 5.41) is 2.98. The highest BCUT2D eigenvalue weighted by Crippen LogP contribution is 2.38. The fourth-order valence-electron chi connectivity index (χ4n) is 4.10. The van der Waals surface area contributed by atoms with Crippen LogP contribution < -0.4 is 31.2 Å². The summed E-state index contributed by atoms with van der Waals surface area (Å²) < 4.78 is 14.9. The van der Waals surface area contributed by atoms with Gasteiger partial charge in [0.25, 0.3) is 11.8 Å². The van der Waals surface area contributed by atoms with Crippen LogP contribution in [-0.4, -0.2) is 42.9 Å². The minimum absolute atomic E-state index is 0.00478. The van der Waals surface area contributed by atoms with Gasteiger partial charge in [-0.05, 0) is 72.6 Å². The Morgan fingerprint density at radius 1 is 1.05 bits per heavy atom. The summed E-state index contributed by atoms with van der Waals surface area (Å²) in [6.07, 6.45) is 0.756. The first-order valence-corrected chi connectivity index (χ1v) is 13.2. The van der Waals surface area contributed by atoms with Crippen molar-refractivity contribution in [1.82, 2.24) is 9.69 Å². The van der Waals surface area contributed by atoms with Crippen molar-refractivity contribution in [2.45, 2.75) is 40.2 Å². The van der Waals surface area contributed by atoms with E-state index in [0.29, 0.717) is 35.2 Å². The van der Waals surface area contributed by atoms with E-state index in [1.54, 1.807) is 18.2 Å². The van der Waals surface area contributed by atoms with Gasteiger partial charge < -0.3 is 26.3 Å². The van der Waals surface area contributed by atoms with E-state index < -0.39 is 23.8 Å². The van der Waals surface area contributed by atoms with Gasteiger partial charge in [-0.2, -0.15) is 4.37 Å². The first-order valence-electron chi connectivity index (χ1n) is 12.5. The number of carbonyl (C=O) groups is 3. The standard InChI is InChI=1S/C28H35N5O5S/c1-15(2)11-12-31-27(35)24(18-9-10-20(37-5)21(14-18)38-6)33(19-13-16(3)7-8-17(19)4)28(36)25-22(29)23(26(30)34)32-39-25/h7-10,13-15,24H,11-12,29H2,1-6H3,(H2,30,34)(H,31,35)/t24-/m1/s1. The lowest BCUT2D eigenvalue weighted by molar-refractivity contribution is -0.122. The topological polar surface area (TPSA) is 150 Å². The maximum absolute atomic E-state index is 14.3. The highest BCUT2D eigenvalue weighted by molar-refractivity contribution is 7.09. The lowest BCUT2D eigenvalue weighted by Crippen LogP contribution is -2.44. The normalized spacial score (nSPS) is 11.7. The molecule has 1 atom stereocenters. The maximum atomic E-state index is 14.3. The number of primary amides is 1. The van der Waals surface area contributed by atoms with Gasteiger partial charge in [-0.25, -0.2) is 0 Å². The number of benzene rings is 2. The molecule has 0 aliphatic carbocycles. The Kier molecular flexibility index (Phi) is 9.52. The summed E-state index contributed by atoms with van der Waals surface area (Å²) in [6.45, 7) is 8.29. The zero-order valence-electron chi connectivity index (χ0n) is 23.0. The third-order valence-electron chi connectivity index (χ3n) is 6.25. The molecule has 3 rings (SSSR count). The summed E-state index contributed by atoms with van der Waals surface area (Å²) in [7, 11) is 3.01. The summed E-state index contributed by atoms with van der Waals surface area (Å²) in [4.78, 5) is 41.4. The van der Waals surface area contributed by atoms with Crippen molar-refractivity contribution in [3.63, 3.8) is 0 Å². The Morgan fingerprint density at radius 3 is 2.33 bits per heavy atom. The number of nitrogens with one attached hydrogen (secondary N) is 1. The number of carbonyl (C=O) groups excluding carboxylic acids is 3. The molecule has 0 saturated heterocycles. The van der Waals surface area contributed by atoms with E-state index in [2.05, 4.69) is 23.5 Å². The molecule has 0 aliphatic rings. The number of nitrogen functional groups attached to an aromatic ring is 1. The Morgan fingerprint density at radius 2 is 1.74 bits per heavy atom. The number of nitrogens with zero attached hydrogens (tertiary/aromatic N) is 2. The number of aryl methyl sites for hydroxylation is 2. The molecule has 0 aliphatic heterocycles. The van der Waals surface area contributed by atoms with Crippen molar-refractivity contribution >= 4 is 40.6 Å². The predicted octanol–water partition coefficient (Wildman–Crippen LogP) is 4.01. The molecule has 10 nitrogen and oxygen atoms in total. The third-order valence-corrected chi connectivity index (χ3v) is 7.10. The second-order valence-corrected chi connectivity index (χ2v) is 10.4. The first kappa shape index (κ1) is 29.4. The van der Waals surface area contributed by atoms with Crippen molar-refractivity contribution < 1.29 is 23.9 Å². The number of ether oxygens (including phenoxy) is 2. The molecule has 39 heavy (non-hydrogen) atoms. The Bertz CT molecular complexity index is 1370. The lowest BCUT2D eigenvalue weighted by atomic mass is 9.99. The van der Waals surface area contributed by atoms with Gasteiger partial charge in [0.1, 0.15) is 10.9 Å². The molecule has 1 heterocycles. The summed E-state index contributed by atoms with van der Waals surface area (Å²) in [5.41, 5.74) is 13.9. The molecule has 3 amide bonds.